The smallest absolute Gasteiger partial charge is 0.435 e. The molecule has 37 heavy (non-hydrogen) atoms. The Morgan fingerprint density at radius 1 is 1.05 bits per heavy atom. The molecule has 2 aromatic carbocycles. The molecule has 0 aliphatic carbocycles. The number of halogens is 3. The van der Waals surface area contributed by atoms with Crippen molar-refractivity contribution in [2.24, 2.45) is 0 Å². The summed E-state index contributed by atoms with van der Waals surface area (Å²) in [5.74, 6) is -0.851. The number of carbonyl (C=O) groups excluding carboxylic acids is 1. The molecule has 1 N–H and O–H groups in total. The van der Waals surface area contributed by atoms with Crippen molar-refractivity contribution in [1.82, 2.24) is 14.7 Å². The first-order valence-corrected chi connectivity index (χ1v) is 13.0. The van der Waals surface area contributed by atoms with Crippen LogP contribution in [0.4, 0.5) is 13.2 Å². The first-order chi connectivity index (χ1) is 17.4. The van der Waals surface area contributed by atoms with Crippen LogP contribution in [0.2, 0.25) is 0 Å². The highest BCUT2D eigenvalue weighted by molar-refractivity contribution is 7.91. The van der Waals surface area contributed by atoms with Crippen molar-refractivity contribution in [1.29, 1.82) is 0 Å². The number of aliphatic hydroxyl groups is 1. The number of aromatic nitrogens is 2. The molecule has 3 aromatic rings. The van der Waals surface area contributed by atoms with Crippen LogP contribution in [0.25, 0.3) is 22.4 Å². The van der Waals surface area contributed by atoms with E-state index in [-0.39, 0.29) is 28.5 Å². The molecule has 0 saturated carbocycles. The number of ether oxygens (including phenoxy) is 1. The Labute approximate surface area is 213 Å². The quantitative estimate of drug-likeness (QED) is 0.393. The summed E-state index contributed by atoms with van der Waals surface area (Å²) in [7, 11) is 0.00252. The van der Waals surface area contributed by atoms with Gasteiger partial charge >= 0.3 is 12.1 Å². The average Bonchev–Trinajstić information content (AvgIpc) is 3.27. The second kappa shape index (κ2) is 11.4. The molecular weight excluding hydrogens is 511 g/mol. The van der Waals surface area contributed by atoms with Gasteiger partial charge in [0, 0.05) is 6.54 Å². The van der Waals surface area contributed by atoms with Gasteiger partial charge in [0.15, 0.2) is 15.5 Å². The molecule has 0 unspecified atom stereocenters. The van der Waals surface area contributed by atoms with E-state index in [1.807, 2.05) is 0 Å². The maximum atomic E-state index is 13.4. The molecule has 0 spiro atoms. The van der Waals surface area contributed by atoms with Crippen molar-refractivity contribution < 1.29 is 36.2 Å². The standard InChI is InChI=1S/C25H28F3N3O5S/c1-4-37(34,35)22-13-19(9-10-20(22)16-32)17-5-7-18(8-6-17)21-14-23(25(26,27)28)29-31(21)15-24(33)36-12-11-30(2)3/h5-10,13-14,32H,4,11-12,15-16H2,1-3H3. The van der Waals surface area contributed by atoms with Gasteiger partial charge in [-0.1, -0.05) is 43.3 Å². The molecule has 0 bridgehead atoms. The molecule has 0 amide bonds. The zero-order chi connectivity index (χ0) is 27.4. The van der Waals surface area contributed by atoms with E-state index in [1.165, 1.54) is 19.1 Å². The van der Waals surface area contributed by atoms with Crippen LogP contribution >= 0.6 is 0 Å². The van der Waals surface area contributed by atoms with Crippen molar-refractivity contribution >= 4 is 15.8 Å². The van der Waals surface area contributed by atoms with Crippen LogP contribution in [0.3, 0.4) is 0 Å². The molecular formula is C25H28F3N3O5S. The Bertz CT molecular complexity index is 1350. The van der Waals surface area contributed by atoms with E-state index in [9.17, 15) is 31.5 Å². The molecule has 12 heteroatoms. The van der Waals surface area contributed by atoms with E-state index in [0.29, 0.717) is 23.2 Å². The molecule has 3 rings (SSSR count). The highest BCUT2D eigenvalue weighted by Gasteiger charge is 2.35. The average molecular weight is 540 g/mol. The molecule has 0 atom stereocenters. The maximum absolute atomic E-state index is 13.4. The predicted molar refractivity (Wildman–Crippen MR) is 131 cm³/mol. The number of carbonyl (C=O) groups is 1. The van der Waals surface area contributed by atoms with Crippen LogP contribution in [0.15, 0.2) is 53.4 Å². The van der Waals surface area contributed by atoms with Gasteiger partial charge in [-0.3, -0.25) is 9.48 Å². The van der Waals surface area contributed by atoms with Gasteiger partial charge in [-0.25, -0.2) is 8.42 Å². The Morgan fingerprint density at radius 2 is 1.68 bits per heavy atom. The fourth-order valence-corrected chi connectivity index (χ4v) is 4.71. The van der Waals surface area contributed by atoms with Gasteiger partial charge in [0.25, 0.3) is 0 Å². The number of aliphatic hydroxyl groups excluding tert-OH is 1. The van der Waals surface area contributed by atoms with Crippen molar-refractivity contribution in [2.75, 3.05) is 33.0 Å². The van der Waals surface area contributed by atoms with E-state index < -0.39 is 40.8 Å². The number of rotatable bonds is 10. The second-order valence-corrected chi connectivity index (χ2v) is 10.8. The summed E-state index contributed by atoms with van der Waals surface area (Å²) in [6, 6.07) is 11.9. The number of hydrogen-bond donors (Lipinski definition) is 1. The number of hydrogen-bond acceptors (Lipinski definition) is 7. The topological polar surface area (TPSA) is 102 Å². The van der Waals surface area contributed by atoms with Crippen molar-refractivity contribution in [3.8, 4) is 22.4 Å². The van der Waals surface area contributed by atoms with Gasteiger partial charge in [-0.05, 0) is 48.5 Å². The SMILES string of the molecule is CCS(=O)(=O)c1cc(-c2ccc(-c3cc(C(F)(F)F)nn3CC(=O)OCCN(C)C)cc2)ccc1CO. The lowest BCUT2D eigenvalue weighted by Gasteiger charge is -2.12. The minimum atomic E-state index is -4.70. The molecule has 0 radical (unpaired) electrons. The van der Waals surface area contributed by atoms with E-state index in [4.69, 9.17) is 4.74 Å². The molecule has 200 valence electrons. The first-order valence-electron chi connectivity index (χ1n) is 11.4. The second-order valence-electron chi connectivity index (χ2n) is 8.56. The highest BCUT2D eigenvalue weighted by atomic mass is 32.2. The van der Waals surface area contributed by atoms with Crippen molar-refractivity contribution in [3.05, 3.63) is 59.8 Å². The van der Waals surface area contributed by atoms with Gasteiger partial charge in [-0.15, -0.1) is 0 Å². The lowest BCUT2D eigenvalue weighted by molar-refractivity contribution is -0.146. The Morgan fingerprint density at radius 3 is 2.24 bits per heavy atom. The summed E-state index contributed by atoms with van der Waals surface area (Å²) in [6.07, 6.45) is -4.70. The third kappa shape index (κ3) is 6.96. The monoisotopic (exact) mass is 539 g/mol. The van der Waals surface area contributed by atoms with E-state index in [1.54, 1.807) is 49.3 Å². The Hall–Kier alpha value is -3.22. The minimum Gasteiger partial charge on any atom is -0.463 e. The number of nitrogens with zero attached hydrogens (tertiary/aromatic N) is 3. The third-order valence-corrected chi connectivity index (χ3v) is 7.43. The number of likely N-dealkylation sites (N-methyl/N-ethyl adjacent to an activating group) is 1. The van der Waals surface area contributed by atoms with E-state index >= 15 is 0 Å². The van der Waals surface area contributed by atoms with Gasteiger partial charge in [0.1, 0.15) is 13.2 Å². The molecule has 0 aliphatic rings. The number of benzene rings is 2. The normalized spacial score (nSPS) is 12.2. The first kappa shape index (κ1) is 28.4. The molecule has 1 heterocycles. The summed E-state index contributed by atoms with van der Waals surface area (Å²) >= 11 is 0. The fraction of sp³-hybridized carbons (Fsp3) is 0.360. The highest BCUT2D eigenvalue weighted by Crippen LogP contribution is 2.33. The molecule has 8 nitrogen and oxygen atoms in total. The Balaban J connectivity index is 1.94. The summed E-state index contributed by atoms with van der Waals surface area (Å²) in [6.45, 7) is 1.13. The van der Waals surface area contributed by atoms with Crippen LogP contribution in [0.5, 0.6) is 0 Å². The number of esters is 1. The summed E-state index contributed by atoms with van der Waals surface area (Å²) in [5, 5.41) is 13.1. The number of alkyl halides is 3. The number of sulfone groups is 1. The van der Waals surface area contributed by atoms with Gasteiger partial charge < -0.3 is 14.7 Å². The van der Waals surface area contributed by atoms with Crippen molar-refractivity contribution in [3.63, 3.8) is 0 Å². The predicted octanol–water partition coefficient (Wildman–Crippen LogP) is 3.63. The summed E-state index contributed by atoms with van der Waals surface area (Å²) < 4.78 is 71.1. The molecule has 0 saturated heterocycles. The summed E-state index contributed by atoms with van der Waals surface area (Å²) in [4.78, 5) is 14.0. The fourth-order valence-electron chi connectivity index (χ4n) is 3.56. The van der Waals surface area contributed by atoms with Crippen LogP contribution in [0.1, 0.15) is 18.2 Å². The van der Waals surface area contributed by atoms with Crippen LogP contribution < -0.4 is 0 Å². The van der Waals surface area contributed by atoms with Crippen LogP contribution in [-0.4, -0.2) is 67.2 Å². The lowest BCUT2D eigenvalue weighted by Crippen LogP contribution is -2.22. The lowest BCUT2D eigenvalue weighted by atomic mass is 10.0. The molecule has 1 aromatic heterocycles. The zero-order valence-electron chi connectivity index (χ0n) is 20.6. The van der Waals surface area contributed by atoms with Crippen LogP contribution in [0, 0.1) is 0 Å². The minimum absolute atomic E-state index is 0.0275. The van der Waals surface area contributed by atoms with E-state index in [2.05, 4.69) is 5.10 Å². The molecule has 0 aliphatic heterocycles. The third-order valence-electron chi connectivity index (χ3n) is 5.62. The zero-order valence-corrected chi connectivity index (χ0v) is 21.4. The van der Waals surface area contributed by atoms with E-state index in [0.717, 1.165) is 10.7 Å². The summed E-state index contributed by atoms with van der Waals surface area (Å²) in [5.41, 5.74) is 0.773. The largest absolute Gasteiger partial charge is 0.463 e. The Kier molecular flexibility index (Phi) is 8.77. The maximum Gasteiger partial charge on any atom is 0.435 e. The van der Waals surface area contributed by atoms with Crippen LogP contribution in [-0.2, 0) is 38.7 Å². The van der Waals surface area contributed by atoms with Gasteiger partial charge in [-0.2, -0.15) is 18.3 Å². The molecule has 0 fully saturated rings. The van der Waals surface area contributed by atoms with Gasteiger partial charge in [0.2, 0.25) is 0 Å². The van der Waals surface area contributed by atoms with Gasteiger partial charge in [0.05, 0.1) is 22.9 Å². The van der Waals surface area contributed by atoms with Crippen molar-refractivity contribution in [2.45, 2.75) is 31.1 Å².